The lowest BCUT2D eigenvalue weighted by atomic mass is 10.1. The number of anilines is 1. The highest BCUT2D eigenvalue weighted by atomic mass is 19.1. The van der Waals surface area contributed by atoms with Crippen LogP contribution in [0.4, 0.5) is 14.9 Å². The Morgan fingerprint density at radius 2 is 2.00 bits per heavy atom. The van der Waals surface area contributed by atoms with E-state index in [1.165, 1.54) is 6.07 Å². The number of urea groups is 1. The van der Waals surface area contributed by atoms with Gasteiger partial charge in [0.15, 0.2) is 0 Å². The summed E-state index contributed by atoms with van der Waals surface area (Å²) in [5, 5.41) is 5.59. The summed E-state index contributed by atoms with van der Waals surface area (Å²) in [5.74, 6) is 0.149. The molecule has 0 aliphatic heterocycles. The Morgan fingerprint density at radius 3 is 2.68 bits per heavy atom. The summed E-state index contributed by atoms with van der Waals surface area (Å²) in [6, 6.07) is 12.7. The Morgan fingerprint density at radius 1 is 1.20 bits per heavy atom. The lowest BCUT2D eigenvalue weighted by Crippen LogP contribution is -2.35. The predicted molar refractivity (Wildman–Crippen MR) is 94.8 cm³/mol. The molecule has 0 aliphatic carbocycles. The SMILES string of the molecule is Cc1cccc(NC(=O)N[C@@H](c2ccccc2F)c2nccn2C)c1. The first kappa shape index (κ1) is 16.7. The maximum absolute atomic E-state index is 14.3. The third kappa shape index (κ3) is 3.85. The monoisotopic (exact) mass is 338 g/mol. The van der Waals surface area contributed by atoms with Crippen LogP contribution in [0.3, 0.4) is 0 Å². The molecule has 2 amide bonds. The summed E-state index contributed by atoms with van der Waals surface area (Å²) in [4.78, 5) is 16.7. The minimum atomic E-state index is -0.703. The highest BCUT2D eigenvalue weighted by Crippen LogP contribution is 2.23. The molecule has 2 aromatic carbocycles. The molecule has 0 bridgehead atoms. The maximum Gasteiger partial charge on any atom is 0.320 e. The number of hydrogen-bond acceptors (Lipinski definition) is 2. The average Bonchev–Trinajstić information content (AvgIpc) is 2.99. The zero-order chi connectivity index (χ0) is 17.8. The van der Waals surface area contributed by atoms with Gasteiger partial charge in [-0.2, -0.15) is 0 Å². The number of nitrogens with zero attached hydrogens (tertiary/aromatic N) is 2. The Balaban J connectivity index is 1.87. The summed E-state index contributed by atoms with van der Waals surface area (Å²) in [5.41, 5.74) is 2.06. The molecule has 0 saturated carbocycles. The van der Waals surface area contributed by atoms with Gasteiger partial charge in [-0.25, -0.2) is 14.2 Å². The molecular formula is C19H19FN4O. The predicted octanol–water partition coefficient (Wildman–Crippen LogP) is 3.78. The third-order valence-electron chi connectivity index (χ3n) is 3.88. The van der Waals surface area contributed by atoms with Gasteiger partial charge in [-0.3, -0.25) is 0 Å². The number of rotatable bonds is 4. The molecule has 6 heteroatoms. The molecule has 0 radical (unpaired) electrons. The van der Waals surface area contributed by atoms with Crippen LogP contribution in [0.25, 0.3) is 0 Å². The number of aryl methyl sites for hydroxylation is 2. The fourth-order valence-electron chi connectivity index (χ4n) is 2.67. The lowest BCUT2D eigenvalue weighted by molar-refractivity contribution is 0.249. The van der Waals surface area contributed by atoms with Crippen LogP contribution in [0.1, 0.15) is 23.0 Å². The molecule has 0 spiro atoms. The molecular weight excluding hydrogens is 319 g/mol. The van der Waals surface area contributed by atoms with E-state index in [0.29, 0.717) is 17.1 Å². The van der Waals surface area contributed by atoms with Gasteiger partial charge >= 0.3 is 6.03 Å². The van der Waals surface area contributed by atoms with Gasteiger partial charge in [-0.05, 0) is 30.7 Å². The molecule has 128 valence electrons. The number of amides is 2. The van der Waals surface area contributed by atoms with Gasteiger partial charge in [-0.1, -0.05) is 30.3 Å². The first-order valence-corrected chi connectivity index (χ1v) is 7.90. The number of benzene rings is 2. The second-order valence-electron chi connectivity index (χ2n) is 5.82. The molecule has 3 rings (SSSR count). The van der Waals surface area contributed by atoms with E-state index in [-0.39, 0.29) is 0 Å². The number of carbonyl (C=O) groups is 1. The Bertz CT molecular complexity index is 890. The summed E-state index contributed by atoms with van der Waals surface area (Å²) < 4.78 is 16.0. The molecule has 1 aromatic heterocycles. The van der Waals surface area contributed by atoms with Crippen LogP contribution in [-0.2, 0) is 7.05 Å². The topological polar surface area (TPSA) is 59.0 Å². The van der Waals surface area contributed by atoms with E-state index in [0.717, 1.165) is 5.56 Å². The molecule has 3 aromatic rings. The van der Waals surface area contributed by atoms with Crippen molar-refractivity contribution in [1.82, 2.24) is 14.9 Å². The molecule has 0 saturated heterocycles. The van der Waals surface area contributed by atoms with E-state index in [9.17, 15) is 9.18 Å². The van der Waals surface area contributed by atoms with Gasteiger partial charge < -0.3 is 15.2 Å². The standard InChI is InChI=1S/C19H19FN4O/c1-13-6-5-7-14(12-13)22-19(25)23-17(18-21-10-11-24(18)2)15-8-3-4-9-16(15)20/h3-12,17H,1-2H3,(H2,22,23,25)/t17-/m0/s1. The van der Waals surface area contributed by atoms with Crippen LogP contribution < -0.4 is 10.6 Å². The quantitative estimate of drug-likeness (QED) is 0.760. The summed E-state index contributed by atoms with van der Waals surface area (Å²) in [7, 11) is 1.80. The maximum atomic E-state index is 14.3. The Labute approximate surface area is 145 Å². The molecule has 1 heterocycles. The van der Waals surface area contributed by atoms with Crippen molar-refractivity contribution in [1.29, 1.82) is 0 Å². The number of nitrogens with one attached hydrogen (secondary N) is 2. The summed E-state index contributed by atoms with van der Waals surface area (Å²) >= 11 is 0. The minimum absolute atomic E-state index is 0.358. The Kier molecular flexibility index (Phi) is 4.79. The van der Waals surface area contributed by atoms with Crippen molar-refractivity contribution in [2.24, 2.45) is 7.05 Å². The third-order valence-corrected chi connectivity index (χ3v) is 3.88. The smallest absolute Gasteiger partial charge is 0.320 e. The second kappa shape index (κ2) is 7.17. The van der Waals surface area contributed by atoms with E-state index in [1.807, 2.05) is 25.1 Å². The van der Waals surface area contributed by atoms with Gasteiger partial charge in [0.1, 0.15) is 17.7 Å². The summed E-state index contributed by atoms with van der Waals surface area (Å²) in [6.07, 6.45) is 3.37. The van der Waals surface area contributed by atoms with Crippen LogP contribution >= 0.6 is 0 Å². The van der Waals surface area contributed by atoms with Crippen molar-refractivity contribution < 1.29 is 9.18 Å². The fourth-order valence-corrected chi connectivity index (χ4v) is 2.67. The van der Waals surface area contributed by atoms with Crippen molar-refractivity contribution >= 4 is 11.7 Å². The first-order valence-electron chi connectivity index (χ1n) is 7.90. The first-order chi connectivity index (χ1) is 12.0. The zero-order valence-electron chi connectivity index (χ0n) is 14.0. The molecule has 0 unspecified atom stereocenters. The molecule has 5 nitrogen and oxygen atoms in total. The van der Waals surface area contributed by atoms with E-state index < -0.39 is 17.9 Å². The van der Waals surface area contributed by atoms with Crippen molar-refractivity contribution in [3.8, 4) is 0 Å². The lowest BCUT2D eigenvalue weighted by Gasteiger charge is -2.20. The van der Waals surface area contributed by atoms with E-state index in [1.54, 1.807) is 48.3 Å². The number of hydrogen-bond donors (Lipinski definition) is 2. The van der Waals surface area contributed by atoms with Crippen molar-refractivity contribution in [2.45, 2.75) is 13.0 Å². The number of halogens is 1. The van der Waals surface area contributed by atoms with Crippen LogP contribution in [0.2, 0.25) is 0 Å². The van der Waals surface area contributed by atoms with Gasteiger partial charge in [0.25, 0.3) is 0 Å². The zero-order valence-corrected chi connectivity index (χ0v) is 14.0. The van der Waals surface area contributed by atoms with Crippen molar-refractivity contribution in [3.05, 3.63) is 83.7 Å². The second-order valence-corrected chi connectivity index (χ2v) is 5.82. The highest BCUT2D eigenvalue weighted by molar-refractivity contribution is 5.89. The van der Waals surface area contributed by atoms with E-state index in [2.05, 4.69) is 15.6 Å². The number of aromatic nitrogens is 2. The summed E-state index contributed by atoms with van der Waals surface area (Å²) in [6.45, 7) is 1.94. The average molecular weight is 338 g/mol. The van der Waals surface area contributed by atoms with Crippen molar-refractivity contribution in [2.75, 3.05) is 5.32 Å². The van der Waals surface area contributed by atoms with E-state index in [4.69, 9.17) is 0 Å². The molecule has 0 aliphatic rings. The van der Waals surface area contributed by atoms with Gasteiger partial charge in [-0.15, -0.1) is 0 Å². The normalized spacial score (nSPS) is 11.8. The molecule has 2 N–H and O–H groups in total. The minimum Gasteiger partial charge on any atom is -0.336 e. The van der Waals surface area contributed by atoms with Crippen LogP contribution in [0, 0.1) is 12.7 Å². The molecule has 25 heavy (non-hydrogen) atoms. The van der Waals surface area contributed by atoms with Crippen LogP contribution in [-0.4, -0.2) is 15.6 Å². The van der Waals surface area contributed by atoms with Crippen molar-refractivity contribution in [3.63, 3.8) is 0 Å². The van der Waals surface area contributed by atoms with E-state index >= 15 is 0 Å². The van der Waals surface area contributed by atoms with Gasteiger partial charge in [0.05, 0.1) is 0 Å². The number of carbonyl (C=O) groups excluding carboxylic acids is 1. The van der Waals surface area contributed by atoms with Crippen LogP contribution in [0.15, 0.2) is 60.9 Å². The fraction of sp³-hybridized carbons (Fsp3) is 0.158. The molecule has 0 fully saturated rings. The van der Waals surface area contributed by atoms with Crippen LogP contribution in [0.5, 0.6) is 0 Å². The van der Waals surface area contributed by atoms with Gasteiger partial charge in [0, 0.05) is 30.7 Å². The Hall–Kier alpha value is -3.15. The largest absolute Gasteiger partial charge is 0.336 e. The van der Waals surface area contributed by atoms with Gasteiger partial charge in [0.2, 0.25) is 0 Å². The highest BCUT2D eigenvalue weighted by Gasteiger charge is 2.23. The molecule has 1 atom stereocenters. The number of imidazole rings is 1.